The van der Waals surface area contributed by atoms with Crippen LogP contribution in [-0.2, 0) is 10.0 Å². The van der Waals surface area contributed by atoms with E-state index in [1.54, 1.807) is 16.4 Å². The standard InChI is InChI=1S/C13H21N3O2S/c1-3-14-12-6-4-5-7-13(12)19(17,18)16-10-8-15(2)9-11-16/h4-7,14H,3,8-11H2,1-2H3. The van der Waals surface area contributed by atoms with Crippen molar-refractivity contribution in [1.29, 1.82) is 0 Å². The van der Waals surface area contributed by atoms with Gasteiger partial charge in [0.25, 0.3) is 0 Å². The van der Waals surface area contributed by atoms with E-state index >= 15 is 0 Å². The molecular formula is C13H21N3O2S. The number of para-hydroxylation sites is 1. The van der Waals surface area contributed by atoms with E-state index in [-0.39, 0.29) is 0 Å². The van der Waals surface area contributed by atoms with Crippen LogP contribution in [0.1, 0.15) is 6.92 Å². The predicted molar refractivity (Wildman–Crippen MR) is 76.9 cm³/mol. The van der Waals surface area contributed by atoms with Crippen LogP contribution in [0.25, 0.3) is 0 Å². The number of rotatable bonds is 4. The van der Waals surface area contributed by atoms with E-state index in [9.17, 15) is 8.42 Å². The smallest absolute Gasteiger partial charge is 0.245 e. The minimum absolute atomic E-state index is 0.376. The molecule has 5 nitrogen and oxygen atoms in total. The molecule has 0 saturated carbocycles. The molecule has 1 N–H and O–H groups in total. The van der Waals surface area contributed by atoms with Gasteiger partial charge in [0, 0.05) is 32.7 Å². The maximum absolute atomic E-state index is 12.7. The largest absolute Gasteiger partial charge is 0.384 e. The Kier molecular flexibility index (Phi) is 4.44. The summed E-state index contributed by atoms with van der Waals surface area (Å²) in [7, 11) is -1.38. The summed E-state index contributed by atoms with van der Waals surface area (Å²) in [5.41, 5.74) is 0.684. The average Bonchev–Trinajstić information content (AvgIpc) is 2.40. The van der Waals surface area contributed by atoms with Crippen LogP contribution in [0.4, 0.5) is 5.69 Å². The van der Waals surface area contributed by atoms with E-state index in [1.807, 2.05) is 26.1 Å². The molecule has 1 saturated heterocycles. The Labute approximate surface area is 115 Å². The van der Waals surface area contributed by atoms with E-state index in [4.69, 9.17) is 0 Å². The molecule has 0 aromatic heterocycles. The zero-order valence-electron chi connectivity index (χ0n) is 11.5. The lowest BCUT2D eigenvalue weighted by Gasteiger charge is -2.32. The molecule has 0 spiro atoms. The average molecular weight is 283 g/mol. The van der Waals surface area contributed by atoms with Crippen molar-refractivity contribution in [3.05, 3.63) is 24.3 Å². The first-order chi connectivity index (χ1) is 9.05. The highest BCUT2D eigenvalue weighted by molar-refractivity contribution is 7.89. The van der Waals surface area contributed by atoms with Gasteiger partial charge < -0.3 is 10.2 Å². The first-order valence-electron chi connectivity index (χ1n) is 6.57. The van der Waals surface area contributed by atoms with Crippen LogP contribution >= 0.6 is 0 Å². The molecular weight excluding hydrogens is 262 g/mol. The van der Waals surface area contributed by atoms with Gasteiger partial charge in [-0.3, -0.25) is 0 Å². The van der Waals surface area contributed by atoms with Crippen molar-refractivity contribution in [1.82, 2.24) is 9.21 Å². The van der Waals surface area contributed by atoms with Crippen molar-refractivity contribution in [2.45, 2.75) is 11.8 Å². The van der Waals surface area contributed by atoms with E-state index < -0.39 is 10.0 Å². The second-order valence-electron chi connectivity index (χ2n) is 4.73. The summed E-state index contributed by atoms with van der Waals surface area (Å²) in [6.45, 7) is 5.33. The SMILES string of the molecule is CCNc1ccccc1S(=O)(=O)N1CCN(C)CC1. The molecule has 1 aliphatic heterocycles. The molecule has 19 heavy (non-hydrogen) atoms. The molecule has 0 unspecified atom stereocenters. The zero-order valence-corrected chi connectivity index (χ0v) is 12.3. The molecule has 0 aliphatic carbocycles. The number of nitrogens with zero attached hydrogens (tertiary/aromatic N) is 2. The molecule has 0 radical (unpaired) electrons. The highest BCUT2D eigenvalue weighted by atomic mass is 32.2. The number of piperazine rings is 1. The van der Waals surface area contributed by atoms with Crippen molar-refractivity contribution in [3.63, 3.8) is 0 Å². The minimum atomic E-state index is -3.39. The van der Waals surface area contributed by atoms with Crippen LogP contribution in [0, 0.1) is 0 Å². The van der Waals surface area contributed by atoms with Crippen LogP contribution in [-0.4, -0.2) is 57.4 Å². The van der Waals surface area contributed by atoms with Gasteiger partial charge in [0.05, 0.1) is 5.69 Å². The monoisotopic (exact) mass is 283 g/mol. The number of anilines is 1. The van der Waals surface area contributed by atoms with E-state index in [1.165, 1.54) is 0 Å². The van der Waals surface area contributed by atoms with Crippen LogP contribution in [0.5, 0.6) is 0 Å². The summed E-state index contributed by atoms with van der Waals surface area (Å²) in [6, 6.07) is 7.10. The van der Waals surface area contributed by atoms with Gasteiger partial charge in [-0.1, -0.05) is 12.1 Å². The van der Waals surface area contributed by atoms with Crippen LogP contribution < -0.4 is 5.32 Å². The summed E-state index contributed by atoms with van der Waals surface area (Å²) in [5.74, 6) is 0. The van der Waals surface area contributed by atoms with Crippen molar-refractivity contribution in [3.8, 4) is 0 Å². The maximum atomic E-state index is 12.7. The summed E-state index contributed by atoms with van der Waals surface area (Å²) in [4.78, 5) is 2.52. The third-order valence-electron chi connectivity index (χ3n) is 3.33. The molecule has 1 aromatic rings. The van der Waals surface area contributed by atoms with Crippen molar-refractivity contribution in [2.24, 2.45) is 0 Å². The van der Waals surface area contributed by atoms with Crippen LogP contribution in [0.3, 0.4) is 0 Å². The van der Waals surface area contributed by atoms with Gasteiger partial charge >= 0.3 is 0 Å². The number of likely N-dealkylation sites (N-methyl/N-ethyl adjacent to an activating group) is 1. The van der Waals surface area contributed by atoms with Gasteiger partial charge in [-0.2, -0.15) is 4.31 Å². The number of hydrogen-bond acceptors (Lipinski definition) is 4. The Morgan fingerprint density at radius 3 is 2.42 bits per heavy atom. The maximum Gasteiger partial charge on any atom is 0.245 e. The Hall–Kier alpha value is -1.11. The zero-order chi connectivity index (χ0) is 13.9. The number of sulfonamides is 1. The molecule has 0 atom stereocenters. The van der Waals surface area contributed by atoms with Crippen molar-refractivity contribution >= 4 is 15.7 Å². The summed E-state index contributed by atoms with van der Waals surface area (Å²) >= 11 is 0. The molecule has 1 aromatic carbocycles. The third kappa shape index (κ3) is 3.08. The van der Waals surface area contributed by atoms with E-state index in [0.29, 0.717) is 30.2 Å². The Balaban J connectivity index is 2.29. The van der Waals surface area contributed by atoms with Gasteiger partial charge in [0.15, 0.2) is 0 Å². The lowest BCUT2D eigenvalue weighted by molar-refractivity contribution is 0.222. The number of nitrogens with one attached hydrogen (secondary N) is 1. The first-order valence-corrected chi connectivity index (χ1v) is 8.01. The van der Waals surface area contributed by atoms with Gasteiger partial charge in [-0.05, 0) is 26.1 Å². The van der Waals surface area contributed by atoms with Crippen LogP contribution in [0.2, 0.25) is 0 Å². The quantitative estimate of drug-likeness (QED) is 0.897. The fourth-order valence-electron chi connectivity index (χ4n) is 2.20. The van der Waals surface area contributed by atoms with Crippen LogP contribution in [0.15, 0.2) is 29.2 Å². The van der Waals surface area contributed by atoms with Gasteiger partial charge in [0.1, 0.15) is 4.90 Å². The van der Waals surface area contributed by atoms with Crippen molar-refractivity contribution in [2.75, 3.05) is 45.1 Å². The number of hydrogen-bond donors (Lipinski definition) is 1. The highest BCUT2D eigenvalue weighted by Gasteiger charge is 2.29. The van der Waals surface area contributed by atoms with E-state index in [0.717, 1.165) is 13.1 Å². The lowest BCUT2D eigenvalue weighted by atomic mass is 10.3. The fourth-order valence-corrected chi connectivity index (χ4v) is 3.79. The molecule has 1 heterocycles. The Morgan fingerprint density at radius 1 is 1.16 bits per heavy atom. The molecule has 2 rings (SSSR count). The normalized spacial score (nSPS) is 18.4. The molecule has 1 aliphatic rings. The minimum Gasteiger partial charge on any atom is -0.384 e. The summed E-state index contributed by atoms with van der Waals surface area (Å²) < 4.78 is 26.9. The topological polar surface area (TPSA) is 52.7 Å². The van der Waals surface area contributed by atoms with Gasteiger partial charge in [-0.25, -0.2) is 8.42 Å². The first kappa shape index (κ1) is 14.3. The highest BCUT2D eigenvalue weighted by Crippen LogP contribution is 2.25. The predicted octanol–water partition coefficient (Wildman–Crippen LogP) is 1.05. The molecule has 0 amide bonds. The summed E-state index contributed by atoms with van der Waals surface area (Å²) in [5, 5.41) is 3.11. The van der Waals surface area contributed by atoms with Crippen molar-refractivity contribution < 1.29 is 8.42 Å². The van der Waals surface area contributed by atoms with Gasteiger partial charge in [0.2, 0.25) is 10.0 Å². The molecule has 1 fully saturated rings. The third-order valence-corrected chi connectivity index (χ3v) is 5.29. The molecule has 106 valence electrons. The molecule has 6 heteroatoms. The molecule has 0 bridgehead atoms. The Morgan fingerprint density at radius 2 is 1.79 bits per heavy atom. The lowest BCUT2D eigenvalue weighted by Crippen LogP contribution is -2.47. The van der Waals surface area contributed by atoms with Gasteiger partial charge in [-0.15, -0.1) is 0 Å². The second-order valence-corrected chi connectivity index (χ2v) is 6.64. The van der Waals surface area contributed by atoms with E-state index in [2.05, 4.69) is 10.2 Å². The number of benzene rings is 1. The Bertz CT molecular complexity index is 522. The second kappa shape index (κ2) is 5.90. The fraction of sp³-hybridized carbons (Fsp3) is 0.538. The summed E-state index contributed by atoms with van der Waals surface area (Å²) in [6.07, 6.45) is 0.